The highest BCUT2D eigenvalue weighted by Gasteiger charge is 2.20. The summed E-state index contributed by atoms with van der Waals surface area (Å²) in [7, 11) is 0. The maximum absolute atomic E-state index is 2.38. The normalized spacial score (nSPS) is 11.3. The quantitative estimate of drug-likeness (QED) is 0.128. The molecule has 0 spiro atoms. The van der Waals surface area contributed by atoms with Crippen LogP contribution in [0, 0.1) is 0 Å². The molecule has 0 nitrogen and oxygen atoms in total. The Bertz CT molecular complexity index is 4050. The molecular formula is C70H46S2. The van der Waals surface area contributed by atoms with E-state index < -0.39 is 0 Å². The van der Waals surface area contributed by atoms with E-state index in [9.17, 15) is 0 Å². The highest BCUT2D eigenvalue weighted by molar-refractivity contribution is 7.23. The minimum Gasteiger partial charge on any atom is -0.135 e. The van der Waals surface area contributed by atoms with Crippen LogP contribution in [0.2, 0.25) is 0 Å². The van der Waals surface area contributed by atoms with Crippen LogP contribution >= 0.6 is 22.7 Å². The van der Waals surface area contributed by atoms with Crippen molar-refractivity contribution in [2.45, 2.75) is 0 Å². The molecule has 0 atom stereocenters. The largest absolute Gasteiger partial charge is 0.135 e. The molecule has 0 saturated carbocycles. The summed E-state index contributed by atoms with van der Waals surface area (Å²) < 4.78 is 2.59. The highest BCUT2D eigenvalue weighted by atomic mass is 32.1. The SMILES string of the molecule is c1ccc(-c2cc(-c3cccc(-c4cccc(-c5ccc6c(-c7ccccc7)c(-c7ccccc7)sc6c5)c4)c3)cc(-c3cccc(-c4cccc5c(-c6ccccc6)c(-c6ccccc6)sc45)c3)c2)cc1. The molecule has 0 unspecified atom stereocenters. The van der Waals surface area contributed by atoms with E-state index in [0.717, 1.165) is 0 Å². The van der Waals surface area contributed by atoms with Gasteiger partial charge in [0, 0.05) is 41.1 Å². The zero-order valence-electron chi connectivity index (χ0n) is 39.4. The molecule has 13 rings (SSSR count). The minimum absolute atomic E-state index is 1.18. The molecule has 11 aromatic carbocycles. The van der Waals surface area contributed by atoms with Crippen LogP contribution in [0.5, 0.6) is 0 Å². The van der Waals surface area contributed by atoms with E-state index in [1.54, 1.807) is 0 Å². The maximum atomic E-state index is 2.38. The Labute approximate surface area is 429 Å². The lowest BCUT2D eigenvalue weighted by Gasteiger charge is -2.14. The average Bonchev–Trinajstić information content (AvgIpc) is 4.06. The Kier molecular flexibility index (Phi) is 11.4. The third-order valence-electron chi connectivity index (χ3n) is 13.9. The van der Waals surface area contributed by atoms with Crippen LogP contribution in [0.15, 0.2) is 279 Å². The van der Waals surface area contributed by atoms with Gasteiger partial charge in [0.25, 0.3) is 0 Å². The fourth-order valence-corrected chi connectivity index (χ4v) is 13.0. The highest BCUT2D eigenvalue weighted by Crippen LogP contribution is 2.49. The zero-order chi connectivity index (χ0) is 47.8. The fourth-order valence-electron chi connectivity index (χ4n) is 10.4. The van der Waals surface area contributed by atoms with Crippen molar-refractivity contribution in [2.24, 2.45) is 0 Å². The summed E-state index contributed by atoms with van der Waals surface area (Å²) in [5.74, 6) is 0. The summed E-state index contributed by atoms with van der Waals surface area (Å²) in [6.45, 7) is 0. The summed E-state index contributed by atoms with van der Waals surface area (Å²) in [4.78, 5) is 2.60. The van der Waals surface area contributed by atoms with E-state index in [1.807, 2.05) is 22.7 Å². The van der Waals surface area contributed by atoms with Crippen LogP contribution in [-0.4, -0.2) is 0 Å². The van der Waals surface area contributed by atoms with E-state index >= 15 is 0 Å². The summed E-state index contributed by atoms with van der Waals surface area (Å²) in [6, 6.07) is 102. The number of rotatable bonds is 10. The molecule has 0 amide bonds. The van der Waals surface area contributed by atoms with Crippen LogP contribution in [0.1, 0.15) is 0 Å². The number of benzene rings is 11. The topological polar surface area (TPSA) is 0 Å². The smallest absolute Gasteiger partial charge is 0.0434 e. The molecule has 2 aromatic heterocycles. The van der Waals surface area contributed by atoms with Crippen LogP contribution in [-0.2, 0) is 0 Å². The molecule has 72 heavy (non-hydrogen) atoms. The molecule has 2 heteroatoms. The van der Waals surface area contributed by atoms with Gasteiger partial charge in [-0.25, -0.2) is 0 Å². The molecule has 0 saturated heterocycles. The van der Waals surface area contributed by atoms with Gasteiger partial charge in [0.05, 0.1) is 0 Å². The first kappa shape index (κ1) is 43.4. The van der Waals surface area contributed by atoms with Crippen LogP contribution in [0.4, 0.5) is 0 Å². The van der Waals surface area contributed by atoms with E-state index in [4.69, 9.17) is 0 Å². The van der Waals surface area contributed by atoms with E-state index in [0.29, 0.717) is 0 Å². The van der Waals surface area contributed by atoms with Crippen molar-refractivity contribution in [3.05, 3.63) is 279 Å². The summed E-state index contributed by atoms with van der Waals surface area (Å²) in [5.41, 5.74) is 21.9. The van der Waals surface area contributed by atoms with Gasteiger partial charge in [-0.1, -0.05) is 237 Å². The number of hydrogen-bond acceptors (Lipinski definition) is 2. The first-order chi connectivity index (χ1) is 35.7. The Hall–Kier alpha value is -8.66. The lowest BCUT2D eigenvalue weighted by atomic mass is 9.90. The van der Waals surface area contributed by atoms with Gasteiger partial charge in [0.2, 0.25) is 0 Å². The third-order valence-corrected chi connectivity index (χ3v) is 16.4. The third kappa shape index (κ3) is 8.27. The molecule has 13 aromatic rings. The van der Waals surface area contributed by atoms with E-state index in [-0.39, 0.29) is 0 Å². The summed E-state index contributed by atoms with van der Waals surface area (Å²) >= 11 is 3.77. The second-order valence-corrected chi connectivity index (χ2v) is 20.4. The molecule has 0 radical (unpaired) electrons. The Balaban J connectivity index is 0.876. The van der Waals surface area contributed by atoms with Gasteiger partial charge in [-0.3, -0.25) is 0 Å². The minimum atomic E-state index is 1.18. The van der Waals surface area contributed by atoms with Gasteiger partial charge in [-0.15, -0.1) is 22.7 Å². The van der Waals surface area contributed by atoms with Crippen molar-refractivity contribution in [3.8, 4) is 110 Å². The fraction of sp³-hybridized carbons (Fsp3) is 0. The summed E-state index contributed by atoms with van der Waals surface area (Å²) in [6.07, 6.45) is 0. The van der Waals surface area contributed by atoms with Crippen molar-refractivity contribution < 1.29 is 0 Å². The predicted molar refractivity (Wildman–Crippen MR) is 312 cm³/mol. The van der Waals surface area contributed by atoms with E-state index in [2.05, 4.69) is 279 Å². The molecule has 0 bridgehead atoms. The van der Waals surface area contributed by atoms with Gasteiger partial charge >= 0.3 is 0 Å². The Morgan fingerprint density at radius 3 is 1.06 bits per heavy atom. The number of fused-ring (bicyclic) bond motifs is 2. The maximum Gasteiger partial charge on any atom is 0.0434 e. The van der Waals surface area contributed by atoms with Crippen molar-refractivity contribution in [2.75, 3.05) is 0 Å². The zero-order valence-corrected chi connectivity index (χ0v) is 41.0. The lowest BCUT2D eigenvalue weighted by Crippen LogP contribution is -1.88. The van der Waals surface area contributed by atoms with Gasteiger partial charge in [-0.05, 0) is 131 Å². The van der Waals surface area contributed by atoms with Crippen molar-refractivity contribution >= 4 is 42.8 Å². The predicted octanol–water partition coefficient (Wildman–Crippen LogP) is 20.8. The Morgan fingerprint density at radius 1 is 0.194 bits per heavy atom. The standard InChI is InChI=1S/C70H46S2/c1-6-20-47(21-7-1)59-43-60(45-61(44-59)56-34-18-35-58(42-56)62-36-19-37-64-67(49-24-10-3-11-25-49)69(72-70(62)64)51-28-14-5-15-29-51)55-33-17-31-53(41-55)52-30-16-32-54(40-52)57-38-39-63-65(46-57)71-68(50-26-12-4-13-27-50)66(63)48-22-8-2-9-23-48/h1-46H. The first-order valence-corrected chi connectivity index (χ1v) is 26.2. The number of thiophene rings is 2. The molecule has 0 N–H and O–H groups in total. The van der Waals surface area contributed by atoms with Gasteiger partial charge < -0.3 is 0 Å². The molecule has 2 heterocycles. The molecule has 0 aliphatic carbocycles. The van der Waals surface area contributed by atoms with Crippen molar-refractivity contribution in [1.29, 1.82) is 0 Å². The van der Waals surface area contributed by atoms with Gasteiger partial charge in [-0.2, -0.15) is 0 Å². The van der Waals surface area contributed by atoms with Crippen LogP contribution < -0.4 is 0 Å². The Morgan fingerprint density at radius 2 is 0.542 bits per heavy atom. The lowest BCUT2D eigenvalue weighted by molar-refractivity contribution is 1.55. The van der Waals surface area contributed by atoms with Crippen LogP contribution in [0.25, 0.3) is 130 Å². The molecule has 0 aliphatic rings. The molecule has 0 aliphatic heterocycles. The molecule has 338 valence electrons. The van der Waals surface area contributed by atoms with Gasteiger partial charge in [0.15, 0.2) is 0 Å². The van der Waals surface area contributed by atoms with Gasteiger partial charge in [0.1, 0.15) is 0 Å². The van der Waals surface area contributed by atoms with Crippen molar-refractivity contribution in [1.82, 2.24) is 0 Å². The van der Waals surface area contributed by atoms with E-state index in [1.165, 1.54) is 130 Å². The second kappa shape index (κ2) is 18.9. The summed E-state index contributed by atoms with van der Waals surface area (Å²) in [5, 5.41) is 2.57. The average molecular weight is 951 g/mol. The monoisotopic (exact) mass is 950 g/mol. The first-order valence-electron chi connectivity index (χ1n) is 24.5. The van der Waals surface area contributed by atoms with Crippen molar-refractivity contribution in [3.63, 3.8) is 0 Å². The second-order valence-electron chi connectivity index (χ2n) is 18.4. The molecule has 0 fully saturated rings. The van der Waals surface area contributed by atoms with Crippen LogP contribution in [0.3, 0.4) is 0 Å². The number of hydrogen-bond donors (Lipinski definition) is 0. The molecular weight excluding hydrogens is 905 g/mol.